The molecule has 4 nitrogen and oxygen atoms in total. The minimum Gasteiger partial charge on any atom is -0.464 e. The first kappa shape index (κ1) is 11.2. The largest absolute Gasteiger partial charge is 0.464 e. The molecule has 4 heteroatoms. The van der Waals surface area contributed by atoms with Crippen LogP contribution in [0.2, 0.25) is 0 Å². The topological polar surface area (TPSA) is 76.1 Å². The summed E-state index contributed by atoms with van der Waals surface area (Å²) in [4.78, 5) is 11.7. The van der Waals surface area contributed by atoms with Gasteiger partial charge in [-0.25, -0.2) is 4.79 Å². The van der Waals surface area contributed by atoms with E-state index in [1.165, 1.54) is 0 Å². The Balaban J connectivity index is 2.25. The minimum absolute atomic E-state index is 0.264. The Hall–Kier alpha value is -2.28. The number of nitrogens with zero attached hydrogens (tertiary/aromatic N) is 1. The number of benzene rings is 1. The first-order valence-corrected chi connectivity index (χ1v) is 5.32. The smallest absolute Gasteiger partial charge is 0.335 e. The molecule has 0 heterocycles. The van der Waals surface area contributed by atoms with Crippen LogP contribution < -0.4 is 5.73 Å². The molecule has 0 saturated carbocycles. The molecule has 17 heavy (non-hydrogen) atoms. The van der Waals surface area contributed by atoms with Gasteiger partial charge in [0.2, 0.25) is 0 Å². The standard InChI is InChI=1S/C13H12N2O2/c1-2-17-12(16)13(8-14)7-11(13)9-4-3-5-10(15)6-9/h3-7H,2,15H2,1H3/t13-/m0/s1. The fourth-order valence-corrected chi connectivity index (χ4v) is 1.75. The molecule has 0 bridgehead atoms. The highest BCUT2D eigenvalue weighted by Crippen LogP contribution is 2.51. The molecule has 86 valence electrons. The van der Waals surface area contributed by atoms with E-state index in [4.69, 9.17) is 15.7 Å². The summed E-state index contributed by atoms with van der Waals surface area (Å²) in [5.74, 6) is -0.514. The molecule has 0 aromatic heterocycles. The highest BCUT2D eigenvalue weighted by atomic mass is 16.5. The molecule has 0 aliphatic heterocycles. The van der Waals surface area contributed by atoms with Crippen molar-refractivity contribution in [2.24, 2.45) is 5.41 Å². The number of hydrogen-bond donors (Lipinski definition) is 1. The molecule has 2 rings (SSSR count). The monoisotopic (exact) mass is 228 g/mol. The van der Waals surface area contributed by atoms with Gasteiger partial charge >= 0.3 is 5.97 Å². The Morgan fingerprint density at radius 1 is 1.59 bits per heavy atom. The third-order valence-electron chi connectivity index (χ3n) is 2.67. The number of esters is 1. The van der Waals surface area contributed by atoms with E-state index in [9.17, 15) is 4.79 Å². The van der Waals surface area contributed by atoms with Crippen LogP contribution in [0.15, 0.2) is 30.3 Å². The highest BCUT2D eigenvalue weighted by molar-refractivity contribution is 6.09. The van der Waals surface area contributed by atoms with Crippen LogP contribution in [-0.2, 0) is 9.53 Å². The van der Waals surface area contributed by atoms with Crippen LogP contribution in [0.3, 0.4) is 0 Å². The van der Waals surface area contributed by atoms with Gasteiger partial charge < -0.3 is 10.5 Å². The molecular formula is C13H12N2O2. The molecule has 0 spiro atoms. The van der Waals surface area contributed by atoms with Crippen molar-refractivity contribution in [1.82, 2.24) is 0 Å². The summed E-state index contributed by atoms with van der Waals surface area (Å²) in [6.45, 7) is 1.98. The van der Waals surface area contributed by atoms with Crippen molar-refractivity contribution in [2.45, 2.75) is 6.92 Å². The van der Waals surface area contributed by atoms with E-state index in [0.717, 1.165) is 5.56 Å². The molecule has 0 unspecified atom stereocenters. The molecule has 0 amide bonds. The predicted molar refractivity (Wildman–Crippen MR) is 63.5 cm³/mol. The molecule has 1 atom stereocenters. The number of carbonyl (C=O) groups excluding carboxylic acids is 1. The van der Waals surface area contributed by atoms with Crippen molar-refractivity contribution in [1.29, 1.82) is 5.26 Å². The van der Waals surface area contributed by atoms with E-state index in [1.807, 2.05) is 12.1 Å². The molecule has 1 aromatic rings. The number of hydrogen-bond acceptors (Lipinski definition) is 4. The normalized spacial score (nSPS) is 21.3. The van der Waals surface area contributed by atoms with Gasteiger partial charge in [0, 0.05) is 5.69 Å². The maximum absolute atomic E-state index is 11.7. The molecule has 2 N–H and O–H groups in total. The van der Waals surface area contributed by atoms with E-state index in [0.29, 0.717) is 11.3 Å². The first-order valence-electron chi connectivity index (χ1n) is 5.32. The molecule has 0 saturated heterocycles. The van der Waals surface area contributed by atoms with Crippen molar-refractivity contribution in [3.63, 3.8) is 0 Å². The average Bonchev–Trinajstić information content (AvgIpc) is 3.05. The summed E-state index contributed by atoms with van der Waals surface area (Å²) >= 11 is 0. The maximum atomic E-state index is 11.7. The number of carbonyl (C=O) groups is 1. The number of nitriles is 1. The van der Waals surface area contributed by atoms with E-state index in [-0.39, 0.29) is 6.61 Å². The van der Waals surface area contributed by atoms with Gasteiger partial charge in [-0.05, 0) is 36.3 Å². The van der Waals surface area contributed by atoms with Crippen molar-refractivity contribution in [3.8, 4) is 6.07 Å². The van der Waals surface area contributed by atoms with Gasteiger partial charge in [0.25, 0.3) is 0 Å². The van der Waals surface area contributed by atoms with Crippen molar-refractivity contribution < 1.29 is 9.53 Å². The fraction of sp³-hybridized carbons (Fsp3) is 0.231. The lowest BCUT2D eigenvalue weighted by Gasteiger charge is -2.09. The first-order chi connectivity index (χ1) is 8.14. The summed E-state index contributed by atoms with van der Waals surface area (Å²) in [7, 11) is 0. The summed E-state index contributed by atoms with van der Waals surface area (Å²) in [6.07, 6.45) is 1.61. The summed E-state index contributed by atoms with van der Waals surface area (Å²) in [5.41, 5.74) is 6.52. The summed E-state index contributed by atoms with van der Waals surface area (Å²) in [5, 5.41) is 9.12. The zero-order chi connectivity index (χ0) is 12.5. The molecule has 1 aliphatic carbocycles. The number of nitrogens with two attached hydrogens (primary N) is 1. The quantitative estimate of drug-likeness (QED) is 0.631. The molecular weight excluding hydrogens is 216 g/mol. The zero-order valence-electron chi connectivity index (χ0n) is 9.43. The molecule has 1 aliphatic rings. The fourth-order valence-electron chi connectivity index (χ4n) is 1.75. The van der Waals surface area contributed by atoms with E-state index in [2.05, 4.69) is 0 Å². The van der Waals surface area contributed by atoms with E-state index in [1.54, 1.807) is 31.2 Å². The second kappa shape index (κ2) is 3.95. The summed E-state index contributed by atoms with van der Waals surface area (Å²) in [6, 6.07) is 9.10. The van der Waals surface area contributed by atoms with Crippen LogP contribution in [0.1, 0.15) is 12.5 Å². The Morgan fingerprint density at radius 2 is 2.35 bits per heavy atom. The summed E-state index contributed by atoms with van der Waals surface area (Å²) < 4.78 is 4.90. The van der Waals surface area contributed by atoms with Crippen LogP contribution in [0.4, 0.5) is 5.69 Å². The average molecular weight is 228 g/mol. The highest BCUT2D eigenvalue weighted by Gasteiger charge is 2.53. The van der Waals surface area contributed by atoms with Crippen molar-refractivity contribution in [3.05, 3.63) is 35.9 Å². The van der Waals surface area contributed by atoms with E-state index < -0.39 is 11.4 Å². The Morgan fingerprint density at radius 3 is 2.94 bits per heavy atom. The molecule has 1 aromatic carbocycles. The minimum atomic E-state index is -1.20. The third kappa shape index (κ3) is 1.76. The molecule has 0 fully saturated rings. The van der Waals surface area contributed by atoms with Crippen LogP contribution in [-0.4, -0.2) is 12.6 Å². The van der Waals surface area contributed by atoms with Crippen LogP contribution >= 0.6 is 0 Å². The van der Waals surface area contributed by atoms with Gasteiger partial charge in [0.05, 0.1) is 12.7 Å². The van der Waals surface area contributed by atoms with Gasteiger partial charge in [-0.1, -0.05) is 12.1 Å². The zero-order valence-corrected chi connectivity index (χ0v) is 9.43. The van der Waals surface area contributed by atoms with Crippen LogP contribution in [0.5, 0.6) is 0 Å². The molecule has 0 radical (unpaired) electrons. The number of rotatable bonds is 3. The van der Waals surface area contributed by atoms with Gasteiger partial charge in [-0.2, -0.15) is 5.26 Å². The van der Waals surface area contributed by atoms with Gasteiger partial charge in [-0.3, -0.25) is 0 Å². The Kier molecular flexibility index (Phi) is 2.60. The number of anilines is 1. The number of nitrogen functional groups attached to an aromatic ring is 1. The van der Waals surface area contributed by atoms with Gasteiger partial charge in [0.15, 0.2) is 5.41 Å². The van der Waals surface area contributed by atoms with Gasteiger partial charge in [0.1, 0.15) is 0 Å². The second-order valence-electron chi connectivity index (χ2n) is 3.82. The lowest BCUT2D eigenvalue weighted by Crippen LogP contribution is -2.20. The SMILES string of the molecule is CCOC(=O)[C@]1(C#N)C=C1c1cccc(N)c1. The predicted octanol–water partition coefficient (Wildman–Crippen LogP) is 1.74. The van der Waals surface area contributed by atoms with Crippen LogP contribution in [0.25, 0.3) is 5.57 Å². The third-order valence-corrected chi connectivity index (χ3v) is 2.67. The van der Waals surface area contributed by atoms with Crippen molar-refractivity contribution in [2.75, 3.05) is 12.3 Å². The van der Waals surface area contributed by atoms with Gasteiger partial charge in [-0.15, -0.1) is 0 Å². The van der Waals surface area contributed by atoms with Crippen LogP contribution in [0, 0.1) is 16.7 Å². The van der Waals surface area contributed by atoms with E-state index >= 15 is 0 Å². The number of ether oxygens (including phenoxy) is 1. The van der Waals surface area contributed by atoms with Crippen molar-refractivity contribution >= 4 is 17.2 Å². The lowest BCUT2D eigenvalue weighted by molar-refractivity contribution is -0.146. The Labute approximate surface area is 99.3 Å². The second-order valence-corrected chi connectivity index (χ2v) is 3.82. The Bertz CT molecular complexity index is 543. The lowest BCUT2D eigenvalue weighted by atomic mass is 9.98. The maximum Gasteiger partial charge on any atom is 0.335 e.